The van der Waals surface area contributed by atoms with Crippen molar-refractivity contribution in [3.63, 3.8) is 0 Å². The Balaban J connectivity index is 2.61. The first-order chi connectivity index (χ1) is 7.68. The van der Waals surface area contributed by atoms with Crippen LogP contribution in [0.4, 0.5) is 11.5 Å². The molecule has 0 amide bonds. The van der Waals surface area contributed by atoms with Crippen LogP contribution in [-0.4, -0.2) is 9.91 Å². The van der Waals surface area contributed by atoms with E-state index in [0.29, 0.717) is 5.56 Å². The Kier molecular flexibility index (Phi) is 2.51. The maximum Gasteiger partial charge on any atom is 0.282 e. The van der Waals surface area contributed by atoms with Gasteiger partial charge in [0.1, 0.15) is 5.82 Å². The van der Waals surface area contributed by atoms with Gasteiger partial charge in [0.15, 0.2) is 0 Å². The van der Waals surface area contributed by atoms with Crippen molar-refractivity contribution < 1.29 is 4.92 Å². The number of rotatable bonds is 2. The van der Waals surface area contributed by atoms with Crippen molar-refractivity contribution in [3.05, 3.63) is 52.7 Å². The quantitative estimate of drug-likeness (QED) is 0.615. The SMILES string of the molecule is Nc1cc([N+](=O)[O-])c(-c2ccccc2)cn1. The molecule has 1 aromatic carbocycles. The lowest BCUT2D eigenvalue weighted by molar-refractivity contribution is -0.384. The van der Waals surface area contributed by atoms with Gasteiger partial charge in [0.25, 0.3) is 5.69 Å². The van der Waals surface area contributed by atoms with Crippen molar-refractivity contribution in [2.45, 2.75) is 0 Å². The summed E-state index contributed by atoms with van der Waals surface area (Å²) in [6.07, 6.45) is 1.42. The molecule has 0 saturated carbocycles. The molecule has 5 nitrogen and oxygen atoms in total. The van der Waals surface area contributed by atoms with Crippen molar-refractivity contribution in [3.8, 4) is 11.1 Å². The molecule has 0 spiro atoms. The van der Waals surface area contributed by atoms with Crippen LogP contribution in [0.15, 0.2) is 42.6 Å². The average molecular weight is 215 g/mol. The monoisotopic (exact) mass is 215 g/mol. The minimum Gasteiger partial charge on any atom is -0.383 e. The van der Waals surface area contributed by atoms with Gasteiger partial charge in [-0.3, -0.25) is 10.1 Å². The van der Waals surface area contributed by atoms with E-state index in [4.69, 9.17) is 5.73 Å². The zero-order valence-corrected chi connectivity index (χ0v) is 8.33. The van der Waals surface area contributed by atoms with Crippen LogP contribution < -0.4 is 5.73 Å². The summed E-state index contributed by atoms with van der Waals surface area (Å²) in [6.45, 7) is 0. The second-order valence-electron chi connectivity index (χ2n) is 3.25. The smallest absolute Gasteiger partial charge is 0.282 e. The van der Waals surface area contributed by atoms with Gasteiger partial charge in [-0.2, -0.15) is 0 Å². The van der Waals surface area contributed by atoms with Crippen molar-refractivity contribution in [1.82, 2.24) is 4.98 Å². The Hall–Kier alpha value is -2.43. The van der Waals surface area contributed by atoms with Crippen LogP contribution in [0.2, 0.25) is 0 Å². The van der Waals surface area contributed by atoms with Crippen molar-refractivity contribution in [2.24, 2.45) is 0 Å². The van der Waals surface area contributed by atoms with Crippen molar-refractivity contribution in [2.75, 3.05) is 5.73 Å². The fraction of sp³-hybridized carbons (Fsp3) is 0. The van der Waals surface area contributed by atoms with Crippen LogP contribution in [0.1, 0.15) is 0 Å². The molecule has 16 heavy (non-hydrogen) atoms. The number of hydrogen-bond donors (Lipinski definition) is 1. The molecule has 2 N–H and O–H groups in total. The molecule has 0 unspecified atom stereocenters. The summed E-state index contributed by atoms with van der Waals surface area (Å²) in [5.41, 5.74) is 6.62. The Bertz CT molecular complexity index is 526. The van der Waals surface area contributed by atoms with Crippen molar-refractivity contribution >= 4 is 11.5 Å². The first kappa shape index (κ1) is 10.1. The molecule has 0 aliphatic rings. The average Bonchev–Trinajstić information content (AvgIpc) is 2.30. The second kappa shape index (κ2) is 3.98. The molecule has 0 atom stereocenters. The number of nitrogen functional groups attached to an aromatic ring is 1. The molecule has 1 heterocycles. The third-order valence-electron chi connectivity index (χ3n) is 2.18. The maximum atomic E-state index is 10.9. The fourth-order valence-corrected chi connectivity index (χ4v) is 1.45. The van der Waals surface area contributed by atoms with E-state index in [0.717, 1.165) is 5.56 Å². The van der Waals surface area contributed by atoms with Gasteiger partial charge in [-0.15, -0.1) is 0 Å². The van der Waals surface area contributed by atoms with Crippen LogP contribution in [0.5, 0.6) is 0 Å². The summed E-state index contributed by atoms with van der Waals surface area (Å²) in [4.78, 5) is 14.3. The van der Waals surface area contributed by atoms with E-state index >= 15 is 0 Å². The largest absolute Gasteiger partial charge is 0.383 e. The van der Waals surface area contributed by atoms with Gasteiger partial charge in [-0.1, -0.05) is 30.3 Å². The zero-order chi connectivity index (χ0) is 11.5. The fourth-order valence-electron chi connectivity index (χ4n) is 1.45. The summed E-state index contributed by atoms with van der Waals surface area (Å²) < 4.78 is 0. The van der Waals surface area contributed by atoms with Crippen molar-refractivity contribution in [1.29, 1.82) is 0 Å². The van der Waals surface area contributed by atoms with E-state index < -0.39 is 4.92 Å². The standard InChI is InChI=1S/C11H9N3O2/c12-11-6-10(14(15)16)9(7-13-11)8-4-2-1-3-5-8/h1-7H,(H2,12,13). The van der Waals surface area contributed by atoms with Crippen LogP contribution in [0.3, 0.4) is 0 Å². The molecule has 0 aliphatic carbocycles. The summed E-state index contributed by atoms with van der Waals surface area (Å²) in [6, 6.07) is 10.3. The number of anilines is 1. The molecule has 80 valence electrons. The number of nitro groups is 1. The molecule has 0 fully saturated rings. The highest BCUT2D eigenvalue weighted by Crippen LogP contribution is 2.29. The number of hydrogen-bond acceptors (Lipinski definition) is 4. The minimum absolute atomic E-state index is 0.0290. The highest BCUT2D eigenvalue weighted by Gasteiger charge is 2.15. The van der Waals surface area contributed by atoms with E-state index in [1.54, 1.807) is 12.1 Å². The third-order valence-corrected chi connectivity index (χ3v) is 2.18. The van der Waals surface area contributed by atoms with Crippen LogP contribution in [0.25, 0.3) is 11.1 Å². The van der Waals surface area contributed by atoms with Gasteiger partial charge in [-0.05, 0) is 5.56 Å². The molecule has 0 bridgehead atoms. The molecule has 0 aliphatic heterocycles. The lowest BCUT2D eigenvalue weighted by atomic mass is 10.1. The Morgan fingerprint density at radius 3 is 2.56 bits per heavy atom. The highest BCUT2D eigenvalue weighted by molar-refractivity contribution is 5.73. The van der Waals surface area contributed by atoms with Gasteiger partial charge in [0, 0.05) is 6.20 Å². The predicted octanol–water partition coefficient (Wildman–Crippen LogP) is 2.24. The topological polar surface area (TPSA) is 82.0 Å². The maximum absolute atomic E-state index is 10.9. The number of pyridine rings is 1. The molecular formula is C11H9N3O2. The predicted molar refractivity (Wildman–Crippen MR) is 60.7 cm³/mol. The van der Waals surface area contributed by atoms with Gasteiger partial charge >= 0.3 is 0 Å². The van der Waals surface area contributed by atoms with Crippen LogP contribution in [0, 0.1) is 10.1 Å². The third kappa shape index (κ3) is 1.83. The van der Waals surface area contributed by atoms with E-state index in [1.807, 2.05) is 18.2 Å². The van der Waals surface area contributed by atoms with Gasteiger partial charge in [-0.25, -0.2) is 4.98 Å². The Labute approximate surface area is 91.7 Å². The normalized spacial score (nSPS) is 10.0. The van der Waals surface area contributed by atoms with E-state index in [2.05, 4.69) is 4.98 Å². The Morgan fingerprint density at radius 1 is 1.25 bits per heavy atom. The molecule has 1 aromatic heterocycles. The van der Waals surface area contributed by atoms with E-state index in [1.165, 1.54) is 12.3 Å². The number of nitrogens with two attached hydrogens (primary N) is 1. The minimum atomic E-state index is -0.458. The molecule has 2 aromatic rings. The molecule has 5 heteroatoms. The molecule has 0 radical (unpaired) electrons. The summed E-state index contributed by atoms with van der Waals surface area (Å²) in [7, 11) is 0. The van der Waals surface area contributed by atoms with Gasteiger partial charge in [0.05, 0.1) is 16.6 Å². The second-order valence-corrected chi connectivity index (χ2v) is 3.25. The van der Waals surface area contributed by atoms with Crippen LogP contribution >= 0.6 is 0 Å². The van der Waals surface area contributed by atoms with Gasteiger partial charge in [0.2, 0.25) is 0 Å². The van der Waals surface area contributed by atoms with E-state index in [-0.39, 0.29) is 11.5 Å². The van der Waals surface area contributed by atoms with E-state index in [9.17, 15) is 10.1 Å². The zero-order valence-electron chi connectivity index (χ0n) is 8.33. The molecular weight excluding hydrogens is 206 g/mol. The summed E-state index contributed by atoms with van der Waals surface area (Å²) in [5.74, 6) is 0.145. The molecule has 2 rings (SSSR count). The Morgan fingerprint density at radius 2 is 1.94 bits per heavy atom. The number of aromatic nitrogens is 1. The summed E-state index contributed by atoms with van der Waals surface area (Å²) >= 11 is 0. The number of benzene rings is 1. The lowest BCUT2D eigenvalue weighted by Crippen LogP contribution is -1.96. The van der Waals surface area contributed by atoms with Gasteiger partial charge < -0.3 is 5.73 Å². The first-order valence-corrected chi connectivity index (χ1v) is 4.64. The lowest BCUT2D eigenvalue weighted by Gasteiger charge is -2.02. The highest BCUT2D eigenvalue weighted by atomic mass is 16.6. The molecule has 0 saturated heterocycles. The van der Waals surface area contributed by atoms with Crippen LogP contribution in [-0.2, 0) is 0 Å². The first-order valence-electron chi connectivity index (χ1n) is 4.64. The summed E-state index contributed by atoms with van der Waals surface area (Å²) in [5, 5.41) is 10.9. The number of nitrogens with zero attached hydrogens (tertiary/aromatic N) is 2.